The van der Waals surface area contributed by atoms with Gasteiger partial charge in [-0.05, 0) is 0 Å². The van der Waals surface area contributed by atoms with Crippen LogP contribution in [0.3, 0.4) is 0 Å². The Hall–Kier alpha value is -1.34. The van der Waals surface area contributed by atoms with Crippen molar-refractivity contribution in [3.05, 3.63) is 11.8 Å². The smallest absolute Gasteiger partial charge is 0.464 e. The maximum Gasteiger partial charge on any atom is 0.529 e. The largest absolute Gasteiger partial charge is 0.529 e. The van der Waals surface area contributed by atoms with Crippen LogP contribution < -0.4 is 5.66 Å². The predicted molar refractivity (Wildman–Crippen MR) is 37.7 cm³/mol. The highest BCUT2D eigenvalue weighted by Gasteiger charge is 2.20. The van der Waals surface area contributed by atoms with E-state index in [1.54, 1.807) is 0 Å². The molecular formula is C5H6BNO5. The number of methoxy groups -OCH3 is 1. The molecule has 1 aromatic rings. The number of aromatic nitrogens is 1. The second-order valence-electron chi connectivity index (χ2n) is 1.98. The molecule has 0 spiro atoms. The van der Waals surface area contributed by atoms with E-state index in [-0.39, 0.29) is 11.4 Å². The highest BCUT2D eigenvalue weighted by molar-refractivity contribution is 6.57. The van der Waals surface area contributed by atoms with Crippen LogP contribution in [0.2, 0.25) is 0 Å². The number of carbonyl (C=O) groups excluding carboxylic acids is 1. The number of esters is 1. The average Bonchev–Trinajstić information content (AvgIpc) is 2.51. The summed E-state index contributed by atoms with van der Waals surface area (Å²) in [6.07, 6.45) is 0. The normalized spacial score (nSPS) is 9.58. The number of rotatable bonds is 2. The first-order valence-corrected chi connectivity index (χ1v) is 3.06. The van der Waals surface area contributed by atoms with Gasteiger partial charge in [0, 0.05) is 6.07 Å². The number of carbonyl (C=O) groups is 1. The Morgan fingerprint density at radius 2 is 2.42 bits per heavy atom. The standard InChI is InChI=1S/C5H6BNO5/c1-11-5(8)3-2-4(6(9)10)12-7-3/h2,9-10H,1H3. The van der Waals surface area contributed by atoms with Crippen molar-refractivity contribution >= 4 is 18.7 Å². The summed E-state index contributed by atoms with van der Waals surface area (Å²) in [4.78, 5) is 10.7. The Morgan fingerprint density at radius 1 is 1.75 bits per heavy atom. The third kappa shape index (κ3) is 1.63. The van der Waals surface area contributed by atoms with Crippen LogP contribution in [0.25, 0.3) is 0 Å². The second kappa shape index (κ2) is 3.37. The van der Waals surface area contributed by atoms with Crippen molar-refractivity contribution in [2.45, 2.75) is 0 Å². The molecule has 0 amide bonds. The molecule has 64 valence electrons. The van der Waals surface area contributed by atoms with Crippen LogP contribution in [-0.4, -0.2) is 35.4 Å². The number of hydrogen-bond donors (Lipinski definition) is 2. The van der Waals surface area contributed by atoms with Gasteiger partial charge in [0.15, 0.2) is 11.4 Å². The Bertz CT molecular complexity index is 283. The second-order valence-corrected chi connectivity index (χ2v) is 1.98. The number of nitrogens with zero attached hydrogens (tertiary/aromatic N) is 1. The van der Waals surface area contributed by atoms with Gasteiger partial charge in [-0.25, -0.2) is 4.79 Å². The molecular weight excluding hydrogens is 165 g/mol. The Morgan fingerprint density at radius 3 is 2.83 bits per heavy atom. The minimum Gasteiger partial charge on any atom is -0.464 e. The zero-order valence-corrected chi connectivity index (χ0v) is 6.22. The third-order valence-electron chi connectivity index (χ3n) is 1.18. The maximum atomic E-state index is 10.7. The van der Waals surface area contributed by atoms with E-state index in [9.17, 15) is 4.79 Å². The van der Waals surface area contributed by atoms with Crippen LogP contribution in [0, 0.1) is 0 Å². The Labute approximate surface area is 67.9 Å². The zero-order chi connectivity index (χ0) is 9.14. The molecule has 0 radical (unpaired) electrons. The van der Waals surface area contributed by atoms with E-state index in [1.807, 2.05) is 0 Å². The molecule has 0 fully saturated rings. The maximum absolute atomic E-state index is 10.7. The van der Waals surface area contributed by atoms with Crippen LogP contribution >= 0.6 is 0 Å². The van der Waals surface area contributed by atoms with Crippen molar-refractivity contribution in [3.8, 4) is 0 Å². The highest BCUT2D eigenvalue weighted by Crippen LogP contribution is 1.94. The Kier molecular flexibility index (Phi) is 2.46. The van der Waals surface area contributed by atoms with Gasteiger partial charge in [0.25, 0.3) is 0 Å². The molecule has 0 saturated heterocycles. The molecule has 2 N–H and O–H groups in total. The first kappa shape index (κ1) is 8.76. The molecule has 6 nitrogen and oxygen atoms in total. The predicted octanol–water partition coefficient (Wildman–Crippen LogP) is -1.86. The molecule has 0 saturated carbocycles. The van der Waals surface area contributed by atoms with Crippen molar-refractivity contribution in [2.75, 3.05) is 7.11 Å². The van der Waals surface area contributed by atoms with Crippen LogP contribution in [0.15, 0.2) is 10.6 Å². The lowest BCUT2D eigenvalue weighted by atomic mass is 9.88. The van der Waals surface area contributed by atoms with E-state index in [4.69, 9.17) is 10.0 Å². The molecule has 12 heavy (non-hydrogen) atoms. The lowest BCUT2D eigenvalue weighted by molar-refractivity contribution is 0.0589. The van der Waals surface area contributed by atoms with Gasteiger partial charge in [-0.3, -0.25) is 0 Å². The summed E-state index contributed by atoms with van der Waals surface area (Å²) >= 11 is 0. The first-order valence-electron chi connectivity index (χ1n) is 3.06. The lowest BCUT2D eigenvalue weighted by Crippen LogP contribution is -2.28. The zero-order valence-electron chi connectivity index (χ0n) is 6.22. The molecule has 0 unspecified atom stereocenters. The third-order valence-corrected chi connectivity index (χ3v) is 1.18. The van der Waals surface area contributed by atoms with E-state index in [0.717, 1.165) is 6.07 Å². The van der Waals surface area contributed by atoms with Gasteiger partial charge in [0.1, 0.15) is 0 Å². The van der Waals surface area contributed by atoms with Crippen molar-refractivity contribution in [3.63, 3.8) is 0 Å². The molecule has 1 heterocycles. The molecule has 0 bridgehead atoms. The molecule has 1 rings (SSSR count). The van der Waals surface area contributed by atoms with Gasteiger partial charge in [-0.15, -0.1) is 0 Å². The first-order chi connectivity index (χ1) is 5.65. The van der Waals surface area contributed by atoms with Crippen molar-refractivity contribution in [1.29, 1.82) is 0 Å². The fraction of sp³-hybridized carbons (Fsp3) is 0.200. The molecule has 0 aromatic carbocycles. The van der Waals surface area contributed by atoms with Crippen LogP contribution in [0.4, 0.5) is 0 Å². The van der Waals surface area contributed by atoms with E-state index in [1.165, 1.54) is 7.11 Å². The quantitative estimate of drug-likeness (QED) is 0.400. The SMILES string of the molecule is COC(=O)c1cc(B(O)O)on1. The van der Waals surface area contributed by atoms with Crippen molar-refractivity contribution < 1.29 is 24.1 Å². The molecule has 0 aliphatic carbocycles. The van der Waals surface area contributed by atoms with E-state index < -0.39 is 13.1 Å². The lowest BCUT2D eigenvalue weighted by Gasteiger charge is -1.88. The van der Waals surface area contributed by atoms with Crippen molar-refractivity contribution in [2.24, 2.45) is 0 Å². The molecule has 0 aliphatic rings. The molecule has 7 heteroatoms. The monoisotopic (exact) mass is 171 g/mol. The topological polar surface area (TPSA) is 92.8 Å². The summed E-state index contributed by atoms with van der Waals surface area (Å²) in [5.41, 5.74) is -0.295. The summed E-state index contributed by atoms with van der Waals surface area (Å²) in [6.45, 7) is 0. The summed E-state index contributed by atoms with van der Waals surface area (Å²) in [5.74, 6) is -0.689. The van der Waals surface area contributed by atoms with Gasteiger partial charge in [-0.2, -0.15) is 0 Å². The molecule has 0 aliphatic heterocycles. The number of hydrogen-bond acceptors (Lipinski definition) is 6. The van der Waals surface area contributed by atoms with Crippen LogP contribution in [0.1, 0.15) is 10.5 Å². The fourth-order valence-electron chi connectivity index (χ4n) is 0.612. The highest BCUT2D eigenvalue weighted by atomic mass is 16.5. The van der Waals surface area contributed by atoms with E-state index in [2.05, 4.69) is 14.4 Å². The molecule has 1 aromatic heterocycles. The summed E-state index contributed by atoms with van der Waals surface area (Å²) in [6, 6.07) is 1.09. The van der Waals surface area contributed by atoms with E-state index >= 15 is 0 Å². The fourth-order valence-corrected chi connectivity index (χ4v) is 0.612. The summed E-state index contributed by atoms with van der Waals surface area (Å²) in [5, 5.41) is 20.4. The van der Waals surface area contributed by atoms with Gasteiger partial charge >= 0.3 is 13.1 Å². The van der Waals surface area contributed by atoms with Crippen LogP contribution in [-0.2, 0) is 4.74 Å². The van der Waals surface area contributed by atoms with Gasteiger partial charge in [-0.1, -0.05) is 5.16 Å². The van der Waals surface area contributed by atoms with Gasteiger partial charge in [0.2, 0.25) is 0 Å². The summed E-state index contributed by atoms with van der Waals surface area (Å²) < 4.78 is 8.70. The minimum atomic E-state index is -1.77. The van der Waals surface area contributed by atoms with Gasteiger partial charge in [0.05, 0.1) is 7.11 Å². The minimum absolute atomic E-state index is 0.0967. The van der Waals surface area contributed by atoms with Crippen LogP contribution in [0.5, 0.6) is 0 Å². The van der Waals surface area contributed by atoms with Crippen molar-refractivity contribution in [1.82, 2.24) is 5.16 Å². The van der Waals surface area contributed by atoms with E-state index in [0.29, 0.717) is 0 Å². The van der Waals surface area contributed by atoms with Gasteiger partial charge < -0.3 is 19.3 Å². The molecule has 0 atom stereocenters. The average molecular weight is 171 g/mol. The summed E-state index contributed by atoms with van der Waals surface area (Å²) in [7, 11) is -0.581. The Balaban J connectivity index is 2.84. The number of ether oxygens (including phenoxy) is 1.